The van der Waals surface area contributed by atoms with Crippen LogP contribution in [0.5, 0.6) is 0 Å². The monoisotopic (exact) mass is 435 g/mol. The Morgan fingerprint density at radius 1 is 0.828 bits per heavy atom. The molecule has 0 aliphatic rings. The first-order chi connectivity index (χ1) is 13.5. The summed E-state index contributed by atoms with van der Waals surface area (Å²) in [5, 5.41) is 8.77. The molecule has 0 spiro atoms. The minimum absolute atomic E-state index is 0.0305. The number of carboxylic acid groups (broad SMARTS) is 1. The van der Waals surface area contributed by atoms with Gasteiger partial charge < -0.3 is 5.11 Å². The van der Waals surface area contributed by atoms with Crippen molar-refractivity contribution < 1.29 is 26.7 Å². The van der Waals surface area contributed by atoms with Crippen molar-refractivity contribution in [3.63, 3.8) is 0 Å². The lowest BCUT2D eigenvalue weighted by Crippen LogP contribution is -2.08. The van der Waals surface area contributed by atoms with E-state index in [4.69, 9.17) is 0 Å². The lowest BCUT2D eigenvalue weighted by molar-refractivity contribution is 0.0697. The van der Waals surface area contributed by atoms with E-state index in [1.165, 1.54) is 12.4 Å². The highest BCUT2D eigenvalue weighted by Gasteiger charge is 2.23. The highest BCUT2D eigenvalue weighted by molar-refractivity contribution is 7.91. The summed E-state index contributed by atoms with van der Waals surface area (Å²) >= 11 is 0. The third kappa shape index (κ3) is 4.25. The van der Waals surface area contributed by atoms with E-state index in [0.29, 0.717) is 0 Å². The number of pyridine rings is 1. The van der Waals surface area contributed by atoms with Crippen LogP contribution in [0.25, 0.3) is 22.5 Å². The number of carbonyl (C=O) groups is 1. The molecular formula is C16H13N5O6S2. The molecule has 3 heterocycles. The van der Waals surface area contributed by atoms with Gasteiger partial charge in [0.15, 0.2) is 29.7 Å². The van der Waals surface area contributed by atoms with Crippen LogP contribution in [0.2, 0.25) is 0 Å². The van der Waals surface area contributed by atoms with E-state index in [1.807, 2.05) is 0 Å². The molecule has 3 aromatic rings. The van der Waals surface area contributed by atoms with E-state index in [-0.39, 0.29) is 38.1 Å². The van der Waals surface area contributed by atoms with Crippen LogP contribution < -0.4 is 0 Å². The fourth-order valence-electron chi connectivity index (χ4n) is 2.51. The van der Waals surface area contributed by atoms with E-state index in [1.54, 1.807) is 0 Å². The minimum Gasteiger partial charge on any atom is -0.478 e. The van der Waals surface area contributed by atoms with Gasteiger partial charge in [-0.1, -0.05) is 0 Å². The lowest BCUT2D eigenvalue weighted by Gasteiger charge is -2.11. The molecule has 0 aliphatic carbocycles. The maximum absolute atomic E-state index is 12.1. The second-order valence-electron chi connectivity index (χ2n) is 5.96. The Morgan fingerprint density at radius 3 is 1.59 bits per heavy atom. The van der Waals surface area contributed by atoms with Crippen molar-refractivity contribution in [2.24, 2.45) is 0 Å². The Bertz CT molecular complexity index is 1250. The number of rotatable bonds is 5. The maximum Gasteiger partial charge on any atom is 0.335 e. The second kappa shape index (κ2) is 7.25. The van der Waals surface area contributed by atoms with E-state index >= 15 is 0 Å². The standard InChI is InChI=1S/C16H13N5O6S2/c1-28(24,25)14-10(5-17-7-19-14)12-3-9(16(22)23)4-13(21-12)11-6-18-8-20-15(11)29(2,26)27/h3-8H,1-2H3,(H,22,23). The highest BCUT2D eigenvalue weighted by atomic mass is 32.2. The van der Waals surface area contributed by atoms with Crippen LogP contribution in [0.15, 0.2) is 47.2 Å². The first-order valence-corrected chi connectivity index (χ1v) is 11.5. The van der Waals surface area contributed by atoms with Crippen molar-refractivity contribution in [3.8, 4) is 22.5 Å². The molecule has 1 N–H and O–H groups in total. The topological polar surface area (TPSA) is 170 Å². The molecule has 29 heavy (non-hydrogen) atoms. The Labute approximate surface area is 165 Å². The second-order valence-corrected chi connectivity index (χ2v) is 9.82. The van der Waals surface area contributed by atoms with Gasteiger partial charge in [0.05, 0.1) is 28.1 Å². The summed E-state index contributed by atoms with van der Waals surface area (Å²) in [7, 11) is -7.57. The van der Waals surface area contributed by atoms with Gasteiger partial charge in [-0.05, 0) is 12.1 Å². The van der Waals surface area contributed by atoms with Gasteiger partial charge in [-0.3, -0.25) is 0 Å². The predicted octanol–water partition coefficient (Wildman–Crippen LogP) is 0.501. The summed E-state index contributed by atoms with van der Waals surface area (Å²) in [5.41, 5.74) is -0.445. The highest BCUT2D eigenvalue weighted by Crippen LogP contribution is 2.29. The van der Waals surface area contributed by atoms with Crippen LogP contribution in [0.4, 0.5) is 0 Å². The van der Waals surface area contributed by atoms with Gasteiger partial charge in [0, 0.05) is 24.9 Å². The molecule has 11 nitrogen and oxygen atoms in total. The fourth-order valence-corrected chi connectivity index (χ4v) is 4.10. The number of hydrogen-bond acceptors (Lipinski definition) is 10. The van der Waals surface area contributed by atoms with Gasteiger partial charge in [0.1, 0.15) is 12.7 Å². The molecule has 0 saturated carbocycles. The van der Waals surface area contributed by atoms with Crippen LogP contribution in [0.1, 0.15) is 10.4 Å². The summed E-state index contributed by atoms with van der Waals surface area (Å²) in [5.74, 6) is -1.33. The first kappa shape index (κ1) is 20.4. The molecule has 150 valence electrons. The van der Waals surface area contributed by atoms with Gasteiger partial charge in [-0.25, -0.2) is 46.6 Å². The van der Waals surface area contributed by atoms with Gasteiger partial charge >= 0.3 is 5.97 Å². The Kier molecular flexibility index (Phi) is 5.11. The zero-order chi connectivity index (χ0) is 21.4. The quantitative estimate of drug-likeness (QED) is 0.553. The van der Waals surface area contributed by atoms with Crippen molar-refractivity contribution in [1.29, 1.82) is 0 Å². The van der Waals surface area contributed by atoms with Crippen molar-refractivity contribution in [1.82, 2.24) is 24.9 Å². The Balaban J connectivity index is 2.36. The first-order valence-electron chi connectivity index (χ1n) is 7.74. The normalized spacial score (nSPS) is 11.9. The Hall–Kier alpha value is -3.32. The van der Waals surface area contributed by atoms with Crippen molar-refractivity contribution >= 4 is 25.6 Å². The molecule has 3 aromatic heterocycles. The average molecular weight is 435 g/mol. The zero-order valence-corrected chi connectivity index (χ0v) is 16.6. The molecule has 13 heteroatoms. The average Bonchev–Trinajstić information content (AvgIpc) is 2.66. The van der Waals surface area contributed by atoms with Crippen molar-refractivity contribution in [2.75, 3.05) is 12.5 Å². The van der Waals surface area contributed by atoms with Crippen LogP contribution in [-0.4, -0.2) is 65.3 Å². The molecular weight excluding hydrogens is 422 g/mol. The molecule has 0 bridgehead atoms. The molecule has 0 amide bonds. The van der Waals surface area contributed by atoms with Crippen molar-refractivity contribution in [2.45, 2.75) is 10.1 Å². The number of aromatic carboxylic acids is 1. The third-order valence-corrected chi connectivity index (χ3v) is 5.73. The molecule has 3 rings (SSSR count). The molecule has 0 unspecified atom stereocenters. The Morgan fingerprint density at radius 2 is 1.24 bits per heavy atom. The zero-order valence-electron chi connectivity index (χ0n) is 15.0. The lowest BCUT2D eigenvalue weighted by atomic mass is 10.1. The van der Waals surface area contributed by atoms with Gasteiger partial charge in [-0.2, -0.15) is 0 Å². The van der Waals surface area contributed by atoms with E-state index in [9.17, 15) is 26.7 Å². The number of hydrogen-bond donors (Lipinski definition) is 1. The number of aromatic nitrogens is 5. The fraction of sp³-hybridized carbons (Fsp3) is 0.125. The van der Waals surface area contributed by atoms with E-state index in [2.05, 4.69) is 24.9 Å². The maximum atomic E-state index is 12.1. The summed E-state index contributed by atoms with van der Waals surface area (Å²) in [6.07, 6.45) is 6.31. The van der Waals surface area contributed by atoms with Gasteiger partial charge in [0.25, 0.3) is 0 Å². The van der Waals surface area contributed by atoms with E-state index in [0.717, 1.165) is 37.3 Å². The smallest absolute Gasteiger partial charge is 0.335 e. The predicted molar refractivity (Wildman–Crippen MR) is 99.5 cm³/mol. The summed E-state index contributed by atoms with van der Waals surface area (Å²) in [4.78, 5) is 30.9. The summed E-state index contributed by atoms with van der Waals surface area (Å²) in [6.45, 7) is 0. The third-order valence-electron chi connectivity index (χ3n) is 3.68. The molecule has 0 radical (unpaired) electrons. The number of carboxylic acids is 1. The molecule has 0 aliphatic heterocycles. The van der Waals surface area contributed by atoms with Crippen molar-refractivity contribution in [3.05, 3.63) is 42.7 Å². The van der Waals surface area contributed by atoms with Gasteiger partial charge in [0.2, 0.25) is 0 Å². The van der Waals surface area contributed by atoms with E-state index < -0.39 is 25.6 Å². The summed E-state index contributed by atoms with van der Waals surface area (Å²) in [6, 6.07) is 2.28. The molecule has 0 atom stereocenters. The molecule has 0 aromatic carbocycles. The van der Waals surface area contributed by atoms with Crippen LogP contribution >= 0.6 is 0 Å². The number of nitrogens with zero attached hydrogens (tertiary/aromatic N) is 5. The van der Waals surface area contributed by atoms with Crippen LogP contribution in [0.3, 0.4) is 0 Å². The van der Waals surface area contributed by atoms with Crippen LogP contribution in [-0.2, 0) is 19.7 Å². The molecule has 0 saturated heterocycles. The molecule has 0 fully saturated rings. The summed E-state index contributed by atoms with van der Waals surface area (Å²) < 4.78 is 48.2. The largest absolute Gasteiger partial charge is 0.478 e. The SMILES string of the molecule is CS(=O)(=O)c1ncncc1-c1cc(C(=O)O)cc(-c2cncnc2S(C)(=O)=O)n1. The van der Waals surface area contributed by atoms with Crippen LogP contribution in [0, 0.1) is 0 Å². The number of sulfone groups is 2. The van der Waals surface area contributed by atoms with Gasteiger partial charge in [-0.15, -0.1) is 0 Å². The minimum atomic E-state index is -3.78.